The van der Waals surface area contributed by atoms with Crippen LogP contribution in [0.5, 0.6) is 0 Å². The Labute approximate surface area is 297 Å². The maximum atomic E-state index is 14.3. The summed E-state index contributed by atoms with van der Waals surface area (Å²) in [7, 11) is 0. The number of halogens is 4. The molecule has 51 heavy (non-hydrogen) atoms. The van der Waals surface area contributed by atoms with Gasteiger partial charge in [-0.05, 0) is 104 Å². The van der Waals surface area contributed by atoms with Crippen LogP contribution in [0.15, 0.2) is 107 Å². The molecule has 3 aliphatic heterocycles. The average Bonchev–Trinajstić information content (AvgIpc) is 3.83. The van der Waals surface area contributed by atoms with Crippen LogP contribution in [0.3, 0.4) is 0 Å². The molecule has 0 saturated heterocycles. The predicted octanol–water partition coefficient (Wildman–Crippen LogP) is 7.82. The standard InChI is InChI=1S/C39H34ClF3N6O2/c1-22(25-12-13-25)46-21-27-17-24(18-30(39(41,42)43)35(27)37(46)50)11-14-28-15-16-47-34(45-28)20-33(44)49(47)23(2)32-19-26-7-6-10-31(40)36(26)38(51)48(32)29-8-4-3-5-9-29/h3-11,14-20,22-23,25,33H,12-13,21,44H2,1-2H3/b14-11+/t22-,23-,33?/m0/s1. The molecule has 3 aromatic carbocycles. The second-order valence-electron chi connectivity index (χ2n) is 13.5. The Morgan fingerprint density at radius 1 is 1.00 bits per heavy atom. The second kappa shape index (κ2) is 12.4. The number of hydrogen-bond donors (Lipinski definition) is 1. The van der Waals surface area contributed by atoms with Crippen molar-refractivity contribution in [3.05, 3.63) is 140 Å². The number of carbonyl (C=O) groups excluding carboxylic acids is 1. The largest absolute Gasteiger partial charge is 0.417 e. The Hall–Kier alpha value is -4.97. The summed E-state index contributed by atoms with van der Waals surface area (Å²) in [5, 5.41) is 5.21. The minimum Gasteiger partial charge on any atom is -0.331 e. The molecule has 0 spiro atoms. The van der Waals surface area contributed by atoms with E-state index >= 15 is 0 Å². The van der Waals surface area contributed by atoms with Gasteiger partial charge in [-0.3, -0.25) is 19.2 Å². The molecule has 8 rings (SSSR count). The number of benzene rings is 3. The minimum absolute atomic E-state index is 0.103. The summed E-state index contributed by atoms with van der Waals surface area (Å²) in [6.45, 7) is 4.03. The number of hydrogen-bond acceptors (Lipinski definition) is 6. The Bertz CT molecular complexity index is 2270. The molecule has 1 unspecified atom stereocenters. The third-order valence-electron chi connectivity index (χ3n) is 10.2. The Balaban J connectivity index is 1.08. The quantitative estimate of drug-likeness (QED) is 0.211. The number of aliphatic imine (C=N–C) groups is 1. The molecule has 4 aromatic rings. The molecule has 1 aromatic heterocycles. The molecule has 8 nitrogen and oxygen atoms in total. The van der Waals surface area contributed by atoms with Gasteiger partial charge in [-0.25, -0.2) is 4.99 Å². The van der Waals surface area contributed by atoms with Crippen molar-refractivity contribution in [2.24, 2.45) is 16.6 Å². The van der Waals surface area contributed by atoms with Crippen molar-refractivity contribution in [2.45, 2.75) is 57.7 Å². The molecular weight excluding hydrogens is 677 g/mol. The van der Waals surface area contributed by atoms with Crippen LogP contribution < -0.4 is 11.3 Å². The van der Waals surface area contributed by atoms with Gasteiger partial charge in [-0.15, -0.1) is 0 Å². The fourth-order valence-electron chi connectivity index (χ4n) is 7.46. The Morgan fingerprint density at radius 2 is 1.76 bits per heavy atom. The highest BCUT2D eigenvalue weighted by molar-refractivity contribution is 6.35. The summed E-state index contributed by atoms with van der Waals surface area (Å²) >= 11 is 6.51. The van der Waals surface area contributed by atoms with E-state index in [1.54, 1.807) is 58.2 Å². The number of pyridine rings is 1. The van der Waals surface area contributed by atoms with Crippen molar-refractivity contribution in [2.75, 3.05) is 0 Å². The number of allylic oxidation sites excluding steroid dienone is 2. The minimum atomic E-state index is -4.68. The zero-order valence-electron chi connectivity index (χ0n) is 27.8. The number of carbonyl (C=O) groups is 1. The normalized spacial score (nSPS) is 20.2. The zero-order chi connectivity index (χ0) is 35.8. The number of nitrogens with two attached hydrogens (primary N) is 1. The topological polar surface area (TPSA) is 87.2 Å². The Kier molecular flexibility index (Phi) is 8.05. The molecular formula is C39H34ClF3N6O2. The van der Waals surface area contributed by atoms with Gasteiger partial charge in [0.25, 0.3) is 11.5 Å². The van der Waals surface area contributed by atoms with Crippen LogP contribution >= 0.6 is 11.6 Å². The molecule has 0 bridgehead atoms. The second-order valence-corrected chi connectivity index (χ2v) is 13.9. The van der Waals surface area contributed by atoms with Crippen LogP contribution in [0.25, 0.3) is 22.5 Å². The van der Waals surface area contributed by atoms with Crippen LogP contribution in [-0.2, 0) is 12.7 Å². The van der Waals surface area contributed by atoms with Gasteiger partial charge in [0.2, 0.25) is 0 Å². The van der Waals surface area contributed by atoms with Crippen LogP contribution in [0.4, 0.5) is 13.2 Å². The summed E-state index contributed by atoms with van der Waals surface area (Å²) < 4.78 is 44.4. The maximum Gasteiger partial charge on any atom is 0.417 e. The van der Waals surface area contributed by atoms with Gasteiger partial charge in [0.15, 0.2) is 0 Å². The van der Waals surface area contributed by atoms with Crippen LogP contribution in [-0.4, -0.2) is 43.3 Å². The van der Waals surface area contributed by atoms with E-state index in [1.165, 1.54) is 0 Å². The molecule has 4 heterocycles. The van der Waals surface area contributed by atoms with Crippen molar-refractivity contribution in [1.29, 1.82) is 0 Å². The van der Waals surface area contributed by atoms with Crippen molar-refractivity contribution in [3.63, 3.8) is 0 Å². The maximum absolute atomic E-state index is 14.3. The first-order valence-corrected chi connectivity index (χ1v) is 17.2. The smallest absolute Gasteiger partial charge is 0.331 e. The highest BCUT2D eigenvalue weighted by atomic mass is 35.5. The monoisotopic (exact) mass is 710 g/mol. The lowest BCUT2D eigenvalue weighted by atomic mass is 9.98. The van der Waals surface area contributed by atoms with Crippen molar-refractivity contribution >= 4 is 40.1 Å². The van der Waals surface area contributed by atoms with E-state index in [0.29, 0.717) is 55.8 Å². The third-order valence-corrected chi connectivity index (χ3v) is 10.5. The lowest BCUT2D eigenvalue weighted by Crippen LogP contribution is -2.46. The lowest BCUT2D eigenvalue weighted by molar-refractivity contribution is -0.138. The molecule has 3 atom stereocenters. The lowest BCUT2D eigenvalue weighted by Gasteiger charge is -2.37. The van der Waals surface area contributed by atoms with Crippen molar-refractivity contribution in [1.82, 2.24) is 19.5 Å². The van der Waals surface area contributed by atoms with Gasteiger partial charge in [-0.2, -0.15) is 18.2 Å². The average molecular weight is 711 g/mol. The zero-order valence-corrected chi connectivity index (χ0v) is 28.6. The van der Waals surface area contributed by atoms with Gasteiger partial charge in [0, 0.05) is 30.2 Å². The molecule has 260 valence electrons. The molecule has 1 fully saturated rings. The Morgan fingerprint density at radius 3 is 2.49 bits per heavy atom. The van der Waals surface area contributed by atoms with Gasteiger partial charge < -0.3 is 10.6 Å². The summed E-state index contributed by atoms with van der Waals surface area (Å²) in [5.41, 5.74) is 7.85. The number of rotatable bonds is 7. The summed E-state index contributed by atoms with van der Waals surface area (Å²) in [5.74, 6) is 0.322. The summed E-state index contributed by atoms with van der Waals surface area (Å²) in [4.78, 5) is 33.5. The van der Waals surface area contributed by atoms with Crippen LogP contribution in [0, 0.1) is 5.92 Å². The van der Waals surface area contributed by atoms with Crippen LogP contribution in [0.2, 0.25) is 5.02 Å². The summed E-state index contributed by atoms with van der Waals surface area (Å²) in [6.07, 6.45) is 5.25. The number of para-hydroxylation sites is 1. The molecule has 1 saturated carbocycles. The predicted molar refractivity (Wildman–Crippen MR) is 192 cm³/mol. The fourth-order valence-corrected chi connectivity index (χ4v) is 7.72. The van der Waals surface area contributed by atoms with Gasteiger partial charge >= 0.3 is 6.18 Å². The molecule has 1 aliphatic carbocycles. The first-order chi connectivity index (χ1) is 24.4. The van der Waals surface area contributed by atoms with Gasteiger partial charge in [0.1, 0.15) is 5.82 Å². The van der Waals surface area contributed by atoms with E-state index in [-0.39, 0.29) is 23.7 Å². The van der Waals surface area contributed by atoms with Crippen molar-refractivity contribution in [3.8, 4) is 5.69 Å². The number of alkyl halides is 3. The number of aromatic nitrogens is 1. The van der Waals surface area contributed by atoms with E-state index in [2.05, 4.69) is 0 Å². The molecule has 2 N–H and O–H groups in total. The highest BCUT2D eigenvalue weighted by Crippen LogP contribution is 2.43. The van der Waals surface area contributed by atoms with Gasteiger partial charge in [-0.1, -0.05) is 48.0 Å². The summed E-state index contributed by atoms with van der Waals surface area (Å²) in [6, 6.07) is 18.8. The SMILES string of the molecule is C[C@@H](C1CC1)N1Cc2cc(/C=C/C3=NC4=CC(N)N([C@@H](C)c5cc6cccc(Cl)c6c(=O)n5-c5ccccc5)N4C=C3)cc(C(F)(F)F)c2C1=O. The van der Waals surface area contributed by atoms with E-state index in [0.717, 1.165) is 18.9 Å². The fraction of sp³-hybridized carbons (Fsp3) is 0.256. The van der Waals surface area contributed by atoms with E-state index in [9.17, 15) is 22.8 Å². The van der Waals surface area contributed by atoms with Crippen LogP contribution in [0.1, 0.15) is 65.5 Å². The molecule has 0 radical (unpaired) electrons. The molecule has 12 heteroatoms. The number of nitrogens with zero attached hydrogens (tertiary/aromatic N) is 5. The number of amides is 1. The van der Waals surface area contributed by atoms with E-state index < -0.39 is 29.9 Å². The number of hydrazine groups is 1. The third kappa shape index (κ3) is 5.79. The highest BCUT2D eigenvalue weighted by Gasteiger charge is 2.44. The first-order valence-electron chi connectivity index (χ1n) is 16.8. The first kappa shape index (κ1) is 33.2. The van der Waals surface area contributed by atoms with E-state index in [1.807, 2.05) is 66.3 Å². The van der Waals surface area contributed by atoms with Crippen molar-refractivity contribution < 1.29 is 18.0 Å². The molecule has 1 amide bonds. The van der Waals surface area contributed by atoms with Gasteiger partial charge in [0.05, 0.1) is 39.5 Å². The van der Waals surface area contributed by atoms with E-state index in [4.69, 9.17) is 22.3 Å². The molecule has 4 aliphatic rings. The number of fused-ring (bicyclic) bond motifs is 3.